The van der Waals surface area contributed by atoms with Gasteiger partial charge in [0.25, 0.3) is 0 Å². The SMILES string of the molecule is CCc1cccc(OCCC(O)CC#N)c1. The molecule has 0 aliphatic carbocycles. The molecule has 1 aromatic rings. The van der Waals surface area contributed by atoms with Crippen molar-refractivity contribution in [2.75, 3.05) is 6.61 Å². The van der Waals surface area contributed by atoms with Gasteiger partial charge in [-0.05, 0) is 24.1 Å². The Labute approximate surface area is 96.3 Å². The lowest BCUT2D eigenvalue weighted by Gasteiger charge is -2.09. The van der Waals surface area contributed by atoms with Gasteiger partial charge in [-0.15, -0.1) is 0 Å². The van der Waals surface area contributed by atoms with Gasteiger partial charge in [-0.3, -0.25) is 0 Å². The minimum atomic E-state index is -0.584. The summed E-state index contributed by atoms with van der Waals surface area (Å²) in [6, 6.07) is 9.84. The second-order valence-electron chi connectivity index (χ2n) is 3.65. The molecule has 0 fully saturated rings. The first-order valence-corrected chi connectivity index (χ1v) is 5.53. The second-order valence-corrected chi connectivity index (χ2v) is 3.65. The summed E-state index contributed by atoms with van der Waals surface area (Å²) in [6.45, 7) is 2.53. The second kappa shape index (κ2) is 6.86. The summed E-state index contributed by atoms with van der Waals surface area (Å²) in [6.07, 6.45) is 1.05. The van der Waals surface area contributed by atoms with Crippen LogP contribution in [0.3, 0.4) is 0 Å². The zero-order chi connectivity index (χ0) is 11.8. The molecule has 0 radical (unpaired) electrons. The third-order valence-corrected chi connectivity index (χ3v) is 2.35. The number of hydrogen-bond donors (Lipinski definition) is 1. The van der Waals surface area contributed by atoms with Gasteiger partial charge < -0.3 is 9.84 Å². The molecule has 0 saturated heterocycles. The van der Waals surface area contributed by atoms with Gasteiger partial charge in [0, 0.05) is 6.42 Å². The lowest BCUT2D eigenvalue weighted by molar-refractivity contribution is 0.143. The Hall–Kier alpha value is -1.53. The molecule has 0 bridgehead atoms. The first-order valence-electron chi connectivity index (χ1n) is 5.53. The quantitative estimate of drug-likeness (QED) is 0.798. The van der Waals surface area contributed by atoms with Crippen LogP contribution < -0.4 is 4.74 Å². The summed E-state index contributed by atoms with van der Waals surface area (Å²) in [7, 11) is 0. The zero-order valence-electron chi connectivity index (χ0n) is 9.52. The maximum Gasteiger partial charge on any atom is 0.119 e. The first-order chi connectivity index (χ1) is 7.76. The zero-order valence-corrected chi connectivity index (χ0v) is 9.52. The highest BCUT2D eigenvalue weighted by Gasteiger charge is 2.03. The molecule has 0 heterocycles. The number of aryl methyl sites for hydroxylation is 1. The van der Waals surface area contributed by atoms with Gasteiger partial charge in [-0.2, -0.15) is 5.26 Å². The van der Waals surface area contributed by atoms with Crippen LogP contribution >= 0.6 is 0 Å². The maximum atomic E-state index is 9.33. The van der Waals surface area contributed by atoms with Gasteiger partial charge in [-0.1, -0.05) is 19.1 Å². The minimum absolute atomic E-state index is 0.165. The number of ether oxygens (including phenoxy) is 1. The fourth-order valence-electron chi connectivity index (χ4n) is 1.38. The van der Waals surface area contributed by atoms with Crippen molar-refractivity contribution in [2.45, 2.75) is 32.3 Å². The van der Waals surface area contributed by atoms with Crippen LogP contribution in [0.4, 0.5) is 0 Å². The molecule has 0 aliphatic heterocycles. The van der Waals surface area contributed by atoms with Crippen molar-refractivity contribution in [3.63, 3.8) is 0 Å². The Bertz CT molecular complexity index is 357. The Balaban J connectivity index is 2.34. The van der Waals surface area contributed by atoms with Crippen LogP contribution in [0.25, 0.3) is 0 Å². The lowest BCUT2D eigenvalue weighted by Crippen LogP contribution is -2.11. The van der Waals surface area contributed by atoms with Crippen LogP contribution in [0.5, 0.6) is 5.75 Å². The fourth-order valence-corrected chi connectivity index (χ4v) is 1.38. The summed E-state index contributed by atoms with van der Waals surface area (Å²) in [5.74, 6) is 0.823. The summed E-state index contributed by atoms with van der Waals surface area (Å²) in [5, 5.41) is 17.7. The summed E-state index contributed by atoms with van der Waals surface area (Å²) in [5.41, 5.74) is 1.23. The number of benzene rings is 1. The molecular formula is C13H17NO2. The molecule has 0 aromatic heterocycles. The molecular weight excluding hydrogens is 202 g/mol. The Kier molecular flexibility index (Phi) is 5.38. The monoisotopic (exact) mass is 219 g/mol. The topological polar surface area (TPSA) is 53.2 Å². The summed E-state index contributed by atoms with van der Waals surface area (Å²) in [4.78, 5) is 0. The van der Waals surface area contributed by atoms with Crippen LogP contribution in [0.2, 0.25) is 0 Å². The van der Waals surface area contributed by atoms with Gasteiger partial charge in [0.2, 0.25) is 0 Å². The van der Waals surface area contributed by atoms with Crippen molar-refractivity contribution in [3.05, 3.63) is 29.8 Å². The molecule has 0 amide bonds. The van der Waals surface area contributed by atoms with Crippen LogP contribution in [0, 0.1) is 11.3 Å². The maximum absolute atomic E-state index is 9.33. The Morgan fingerprint density at radius 1 is 1.50 bits per heavy atom. The highest BCUT2D eigenvalue weighted by molar-refractivity contribution is 5.28. The number of aliphatic hydroxyl groups is 1. The van der Waals surface area contributed by atoms with Gasteiger partial charge in [-0.25, -0.2) is 0 Å². The predicted molar refractivity (Wildman–Crippen MR) is 62.2 cm³/mol. The third-order valence-electron chi connectivity index (χ3n) is 2.35. The van der Waals surface area contributed by atoms with Gasteiger partial charge >= 0.3 is 0 Å². The van der Waals surface area contributed by atoms with E-state index in [1.807, 2.05) is 24.3 Å². The van der Waals surface area contributed by atoms with Crippen molar-refractivity contribution >= 4 is 0 Å². The number of rotatable bonds is 6. The van der Waals surface area contributed by atoms with E-state index in [0.717, 1.165) is 12.2 Å². The third kappa shape index (κ3) is 4.33. The number of nitriles is 1. The number of aliphatic hydroxyl groups excluding tert-OH is 1. The molecule has 1 aromatic carbocycles. The Morgan fingerprint density at radius 3 is 3.00 bits per heavy atom. The standard InChI is InChI=1S/C13H17NO2/c1-2-11-4-3-5-13(10-11)16-9-7-12(15)6-8-14/h3-5,10,12,15H,2,6-7,9H2,1H3. The van der Waals surface area contributed by atoms with Gasteiger partial charge in [0.1, 0.15) is 5.75 Å². The van der Waals surface area contributed by atoms with Crippen molar-refractivity contribution in [1.82, 2.24) is 0 Å². The molecule has 0 aliphatic rings. The molecule has 3 heteroatoms. The highest BCUT2D eigenvalue weighted by atomic mass is 16.5. The van der Waals surface area contributed by atoms with Gasteiger partial charge in [0.05, 0.1) is 25.2 Å². The molecule has 1 rings (SSSR count). The molecule has 1 unspecified atom stereocenters. The average Bonchev–Trinajstić information content (AvgIpc) is 2.30. The van der Waals surface area contributed by atoms with E-state index in [2.05, 4.69) is 13.0 Å². The number of hydrogen-bond acceptors (Lipinski definition) is 3. The van der Waals surface area contributed by atoms with Crippen LogP contribution in [-0.2, 0) is 6.42 Å². The van der Waals surface area contributed by atoms with Gasteiger partial charge in [0.15, 0.2) is 0 Å². The molecule has 0 saturated carbocycles. The van der Waals surface area contributed by atoms with E-state index in [0.29, 0.717) is 13.0 Å². The van der Waals surface area contributed by atoms with E-state index >= 15 is 0 Å². The Morgan fingerprint density at radius 2 is 2.31 bits per heavy atom. The van der Waals surface area contributed by atoms with Crippen LogP contribution in [0.1, 0.15) is 25.3 Å². The first kappa shape index (κ1) is 12.5. The molecule has 16 heavy (non-hydrogen) atoms. The highest BCUT2D eigenvalue weighted by Crippen LogP contribution is 2.14. The van der Waals surface area contributed by atoms with E-state index in [1.54, 1.807) is 0 Å². The van der Waals surface area contributed by atoms with Crippen molar-refractivity contribution < 1.29 is 9.84 Å². The van der Waals surface area contributed by atoms with Crippen LogP contribution in [0.15, 0.2) is 24.3 Å². The van der Waals surface area contributed by atoms with Crippen molar-refractivity contribution in [2.24, 2.45) is 0 Å². The summed E-state index contributed by atoms with van der Waals surface area (Å²) < 4.78 is 5.50. The fraction of sp³-hybridized carbons (Fsp3) is 0.462. The molecule has 3 nitrogen and oxygen atoms in total. The lowest BCUT2D eigenvalue weighted by atomic mass is 10.2. The molecule has 1 N–H and O–H groups in total. The van der Waals surface area contributed by atoms with Crippen molar-refractivity contribution in [1.29, 1.82) is 5.26 Å². The van der Waals surface area contributed by atoms with E-state index in [1.165, 1.54) is 5.56 Å². The molecule has 86 valence electrons. The van der Waals surface area contributed by atoms with E-state index in [-0.39, 0.29) is 6.42 Å². The smallest absolute Gasteiger partial charge is 0.119 e. The number of nitrogens with zero attached hydrogens (tertiary/aromatic N) is 1. The van der Waals surface area contributed by atoms with Crippen molar-refractivity contribution in [3.8, 4) is 11.8 Å². The minimum Gasteiger partial charge on any atom is -0.493 e. The van der Waals surface area contributed by atoms with E-state index in [4.69, 9.17) is 10.00 Å². The normalized spacial score (nSPS) is 11.8. The largest absolute Gasteiger partial charge is 0.493 e. The van der Waals surface area contributed by atoms with Crippen LogP contribution in [-0.4, -0.2) is 17.8 Å². The molecule has 1 atom stereocenters. The average molecular weight is 219 g/mol. The predicted octanol–water partition coefficient (Wildman–Crippen LogP) is 2.29. The summed E-state index contributed by atoms with van der Waals surface area (Å²) >= 11 is 0. The van der Waals surface area contributed by atoms with E-state index in [9.17, 15) is 5.11 Å². The van der Waals surface area contributed by atoms with E-state index < -0.39 is 6.10 Å². The molecule has 0 spiro atoms.